The third kappa shape index (κ3) is 5.93. The second-order valence-electron chi connectivity index (χ2n) is 8.31. The molecule has 4 rings (SSSR count). The van der Waals surface area contributed by atoms with Gasteiger partial charge in [0.2, 0.25) is 5.91 Å². The number of nitrogens with zero attached hydrogens (tertiary/aromatic N) is 1. The van der Waals surface area contributed by atoms with Gasteiger partial charge in [0.1, 0.15) is 17.7 Å². The highest BCUT2D eigenvalue weighted by molar-refractivity contribution is 8.00. The van der Waals surface area contributed by atoms with Crippen LogP contribution < -0.4 is 10.1 Å². The van der Waals surface area contributed by atoms with Crippen LogP contribution in [0, 0.1) is 13.8 Å². The first-order valence-electron chi connectivity index (χ1n) is 11.1. The summed E-state index contributed by atoms with van der Waals surface area (Å²) >= 11 is 7.58. The van der Waals surface area contributed by atoms with E-state index in [4.69, 9.17) is 16.3 Å². The molecule has 3 aromatic carbocycles. The Labute approximate surface area is 209 Å². The van der Waals surface area contributed by atoms with Gasteiger partial charge < -0.3 is 15.0 Å². The smallest absolute Gasteiger partial charge is 0.251 e. The number of carbonyl (C=O) groups excluding carboxylic acids is 2. The fourth-order valence-electron chi connectivity index (χ4n) is 3.88. The fourth-order valence-corrected chi connectivity index (χ4v) is 5.19. The molecule has 2 amide bonds. The molecule has 1 aliphatic rings. The van der Waals surface area contributed by atoms with Crippen molar-refractivity contribution in [2.24, 2.45) is 0 Å². The lowest BCUT2D eigenvalue weighted by molar-refractivity contribution is -0.128. The molecule has 0 aromatic heterocycles. The molecule has 0 bridgehead atoms. The summed E-state index contributed by atoms with van der Waals surface area (Å²) in [7, 11) is 0. The second kappa shape index (κ2) is 11.0. The van der Waals surface area contributed by atoms with Crippen LogP contribution in [0.1, 0.15) is 38.0 Å². The minimum Gasteiger partial charge on any atom is -0.491 e. The molecule has 1 aliphatic heterocycles. The number of nitrogens with one attached hydrogen (secondary N) is 1. The van der Waals surface area contributed by atoms with Crippen LogP contribution in [0.3, 0.4) is 0 Å². The maximum atomic E-state index is 12.5. The zero-order valence-corrected chi connectivity index (χ0v) is 20.8. The summed E-state index contributed by atoms with van der Waals surface area (Å²) in [5.74, 6) is 1.23. The van der Waals surface area contributed by atoms with E-state index in [0.717, 1.165) is 22.4 Å². The van der Waals surface area contributed by atoms with Gasteiger partial charge in [0.25, 0.3) is 5.91 Å². The average molecular weight is 495 g/mol. The molecule has 34 heavy (non-hydrogen) atoms. The number of carbonyl (C=O) groups is 2. The zero-order chi connectivity index (χ0) is 24.1. The molecule has 1 atom stereocenters. The monoisotopic (exact) mass is 494 g/mol. The van der Waals surface area contributed by atoms with E-state index in [2.05, 4.69) is 11.4 Å². The van der Waals surface area contributed by atoms with Crippen molar-refractivity contribution >= 4 is 35.2 Å². The molecule has 0 spiro atoms. The van der Waals surface area contributed by atoms with Gasteiger partial charge in [0.15, 0.2) is 0 Å². The first-order valence-corrected chi connectivity index (χ1v) is 12.6. The lowest BCUT2D eigenvalue weighted by Gasteiger charge is -2.24. The maximum Gasteiger partial charge on any atom is 0.251 e. The van der Waals surface area contributed by atoms with Gasteiger partial charge in [-0.1, -0.05) is 53.6 Å². The summed E-state index contributed by atoms with van der Waals surface area (Å²) in [6.07, 6.45) is 0. The lowest BCUT2D eigenvalue weighted by Crippen LogP contribution is -2.28. The number of amides is 2. The van der Waals surface area contributed by atoms with Crippen molar-refractivity contribution < 1.29 is 14.3 Å². The lowest BCUT2D eigenvalue weighted by atomic mass is 10.1. The van der Waals surface area contributed by atoms with E-state index >= 15 is 0 Å². The van der Waals surface area contributed by atoms with Gasteiger partial charge in [-0.15, -0.1) is 11.8 Å². The van der Waals surface area contributed by atoms with E-state index in [1.165, 1.54) is 5.56 Å². The van der Waals surface area contributed by atoms with E-state index in [1.54, 1.807) is 23.9 Å². The largest absolute Gasteiger partial charge is 0.491 e. The number of ether oxygens (including phenoxy) is 1. The third-order valence-corrected chi connectivity index (χ3v) is 7.18. The minimum absolute atomic E-state index is 0.0774. The summed E-state index contributed by atoms with van der Waals surface area (Å²) in [4.78, 5) is 26.9. The van der Waals surface area contributed by atoms with Crippen LogP contribution in [0.5, 0.6) is 5.75 Å². The Kier molecular flexibility index (Phi) is 7.80. The topological polar surface area (TPSA) is 58.6 Å². The second-order valence-corrected chi connectivity index (χ2v) is 9.81. The maximum absolute atomic E-state index is 12.5. The molecule has 3 aromatic rings. The van der Waals surface area contributed by atoms with E-state index in [9.17, 15) is 9.59 Å². The summed E-state index contributed by atoms with van der Waals surface area (Å²) < 4.78 is 5.78. The van der Waals surface area contributed by atoms with Gasteiger partial charge in [-0.05, 0) is 60.9 Å². The molecule has 0 saturated carbocycles. The zero-order valence-electron chi connectivity index (χ0n) is 19.2. The Hall–Kier alpha value is -2.96. The van der Waals surface area contributed by atoms with Crippen LogP contribution in [0.2, 0.25) is 5.02 Å². The van der Waals surface area contributed by atoms with Gasteiger partial charge in [-0.2, -0.15) is 0 Å². The Morgan fingerprint density at radius 1 is 1.09 bits per heavy atom. The van der Waals surface area contributed by atoms with Gasteiger partial charge in [0.05, 0.1) is 12.3 Å². The van der Waals surface area contributed by atoms with Crippen molar-refractivity contribution in [1.29, 1.82) is 0 Å². The Bertz CT molecular complexity index is 1170. The number of thioether (sulfide) groups is 1. The molecule has 176 valence electrons. The number of hydrogen-bond donors (Lipinski definition) is 1. The number of rotatable bonds is 8. The number of hydrogen-bond acceptors (Lipinski definition) is 4. The predicted molar refractivity (Wildman–Crippen MR) is 137 cm³/mol. The van der Waals surface area contributed by atoms with Gasteiger partial charge >= 0.3 is 0 Å². The molecule has 5 nitrogen and oxygen atoms in total. The van der Waals surface area contributed by atoms with Crippen molar-refractivity contribution in [3.63, 3.8) is 0 Å². The van der Waals surface area contributed by atoms with Crippen molar-refractivity contribution in [2.75, 3.05) is 18.9 Å². The molecule has 1 fully saturated rings. The molecule has 1 N–H and O–H groups in total. The summed E-state index contributed by atoms with van der Waals surface area (Å²) in [5.41, 5.74) is 4.88. The number of aryl methyl sites for hydroxylation is 2. The molecule has 7 heteroatoms. The first-order chi connectivity index (χ1) is 16.4. The molecule has 1 saturated heterocycles. The summed E-state index contributed by atoms with van der Waals surface area (Å²) in [6.45, 7) is 5.39. The number of halogens is 1. The highest BCUT2D eigenvalue weighted by atomic mass is 35.5. The normalized spacial score (nSPS) is 15.4. The van der Waals surface area contributed by atoms with Gasteiger partial charge in [-0.3, -0.25) is 9.59 Å². The van der Waals surface area contributed by atoms with Gasteiger partial charge in [-0.25, -0.2) is 0 Å². The van der Waals surface area contributed by atoms with E-state index in [0.29, 0.717) is 36.0 Å². The van der Waals surface area contributed by atoms with E-state index in [-0.39, 0.29) is 17.2 Å². The van der Waals surface area contributed by atoms with Gasteiger partial charge in [0, 0.05) is 17.1 Å². The Balaban J connectivity index is 1.32. The molecular formula is C27H27ClN2O3S. The fraction of sp³-hybridized carbons (Fsp3) is 0.259. The molecule has 0 radical (unpaired) electrons. The van der Waals surface area contributed by atoms with Crippen LogP contribution in [0.4, 0.5) is 0 Å². The first kappa shape index (κ1) is 24.2. The quantitative estimate of drug-likeness (QED) is 0.418. The summed E-state index contributed by atoms with van der Waals surface area (Å²) in [6, 6.07) is 21.0. The van der Waals surface area contributed by atoms with Crippen molar-refractivity contribution in [1.82, 2.24) is 10.2 Å². The summed E-state index contributed by atoms with van der Waals surface area (Å²) in [5, 5.41) is 3.49. The Morgan fingerprint density at radius 3 is 2.53 bits per heavy atom. The Morgan fingerprint density at radius 2 is 1.82 bits per heavy atom. The highest BCUT2D eigenvalue weighted by Crippen LogP contribution is 2.39. The van der Waals surface area contributed by atoms with Crippen molar-refractivity contribution in [3.8, 4) is 5.75 Å². The molecule has 1 heterocycles. The molecular weight excluding hydrogens is 468 g/mol. The average Bonchev–Trinajstić information content (AvgIpc) is 3.19. The van der Waals surface area contributed by atoms with Crippen molar-refractivity contribution in [3.05, 3.63) is 99.6 Å². The SMILES string of the molecule is Cc1ccc(OCCNC(=O)c2ccc(C3SCC(=O)N3Cc3ccc(Cl)cc3)cc2)c(C)c1. The number of benzene rings is 3. The highest BCUT2D eigenvalue weighted by Gasteiger charge is 2.32. The van der Waals surface area contributed by atoms with Crippen LogP contribution in [0.25, 0.3) is 0 Å². The third-order valence-electron chi connectivity index (χ3n) is 5.67. The molecule has 1 unspecified atom stereocenters. The van der Waals surface area contributed by atoms with Crippen LogP contribution >= 0.6 is 23.4 Å². The standard InChI is InChI=1S/C27H27ClN2O3S/c1-18-3-12-24(19(2)15-18)33-14-13-29-26(32)21-6-8-22(9-7-21)27-30(25(31)17-34-27)16-20-4-10-23(28)11-5-20/h3-12,15,27H,13-14,16-17H2,1-2H3,(H,29,32). The van der Waals surface area contributed by atoms with Crippen LogP contribution in [-0.4, -0.2) is 35.6 Å². The molecule has 0 aliphatic carbocycles. The predicted octanol–water partition coefficient (Wildman–Crippen LogP) is 5.54. The van der Waals surface area contributed by atoms with E-state index < -0.39 is 0 Å². The van der Waals surface area contributed by atoms with Crippen LogP contribution in [0.15, 0.2) is 66.7 Å². The van der Waals surface area contributed by atoms with E-state index in [1.807, 2.05) is 67.3 Å². The van der Waals surface area contributed by atoms with Crippen LogP contribution in [-0.2, 0) is 11.3 Å². The van der Waals surface area contributed by atoms with Crippen molar-refractivity contribution in [2.45, 2.75) is 25.8 Å². The minimum atomic E-state index is -0.149.